The number of hydrogen-bond donors (Lipinski definition) is 0. The Kier molecular flexibility index (Phi) is 7.98. The normalized spacial score (nSPS) is 15.4. The lowest BCUT2D eigenvalue weighted by molar-refractivity contribution is 0.283. The van der Waals surface area contributed by atoms with E-state index in [1.54, 1.807) is 14.2 Å². The molecule has 1 atom stereocenters. The van der Waals surface area contributed by atoms with Crippen LogP contribution in [0.2, 0.25) is 0 Å². The summed E-state index contributed by atoms with van der Waals surface area (Å²) in [5, 5.41) is 2.32. The number of hydrogen-bond acceptors (Lipinski definition) is 6. The van der Waals surface area contributed by atoms with E-state index in [-0.39, 0.29) is 11.6 Å². The fraction of sp³-hybridized carbons (Fsp3) is 0.150. The molecule has 2 aliphatic rings. The third kappa shape index (κ3) is 5.25. The van der Waals surface area contributed by atoms with E-state index in [2.05, 4.69) is 70.5 Å². The second-order valence-corrected chi connectivity index (χ2v) is 13.7. The van der Waals surface area contributed by atoms with Crippen LogP contribution in [0, 0.1) is 0 Å². The fourth-order valence-corrected chi connectivity index (χ4v) is 8.45. The first-order valence-electron chi connectivity index (χ1n) is 15.8. The molecule has 0 N–H and O–H groups in total. The van der Waals surface area contributed by atoms with Crippen molar-refractivity contribution in [3.05, 3.63) is 161 Å². The van der Waals surface area contributed by atoms with E-state index >= 15 is 0 Å². The molecule has 0 saturated heterocycles. The first-order valence-corrected chi connectivity index (χ1v) is 17.4. The van der Waals surface area contributed by atoms with Crippen molar-refractivity contribution in [2.45, 2.75) is 25.5 Å². The minimum absolute atomic E-state index is 0.0913. The van der Waals surface area contributed by atoms with Crippen LogP contribution in [0.25, 0.3) is 22.5 Å². The van der Waals surface area contributed by atoms with Crippen molar-refractivity contribution in [1.29, 1.82) is 0 Å². The van der Waals surface area contributed by atoms with Crippen LogP contribution in [0.5, 0.6) is 17.2 Å². The maximum absolute atomic E-state index is 14.3. The molecule has 5 aromatic carbocycles. The summed E-state index contributed by atoms with van der Waals surface area (Å²) in [6, 6.07) is 34.4. The zero-order valence-electron chi connectivity index (χ0n) is 26.4. The first kappa shape index (κ1) is 30.4. The SMILES string of the molecule is COc1ccccc1[C@H]1C2=C(N=c3s/c(=C/c4cc(Br)c(OCc5cccc6ccccc56)c(OC)c4)c(=O)n31)c1ccccc1CC2. The summed E-state index contributed by atoms with van der Waals surface area (Å²) in [4.78, 5) is 20.2. The van der Waals surface area contributed by atoms with Crippen LogP contribution in [-0.2, 0) is 13.0 Å². The summed E-state index contributed by atoms with van der Waals surface area (Å²) in [7, 11) is 3.30. The van der Waals surface area contributed by atoms with Gasteiger partial charge in [-0.15, -0.1) is 0 Å². The van der Waals surface area contributed by atoms with Crippen molar-refractivity contribution in [3.63, 3.8) is 0 Å². The quantitative estimate of drug-likeness (QED) is 0.169. The molecule has 6 nitrogen and oxygen atoms in total. The van der Waals surface area contributed by atoms with Crippen LogP contribution in [0.15, 0.2) is 123 Å². The summed E-state index contributed by atoms with van der Waals surface area (Å²) >= 11 is 5.12. The highest BCUT2D eigenvalue weighted by Gasteiger charge is 2.34. The van der Waals surface area contributed by atoms with E-state index in [0.29, 0.717) is 27.4 Å². The van der Waals surface area contributed by atoms with Crippen molar-refractivity contribution in [2.24, 2.45) is 4.99 Å². The number of thiazole rings is 1. The predicted octanol–water partition coefficient (Wildman–Crippen LogP) is 7.83. The maximum atomic E-state index is 14.3. The Morgan fingerprint density at radius 3 is 2.54 bits per heavy atom. The molecule has 6 aromatic rings. The monoisotopic (exact) mass is 714 g/mol. The number of methoxy groups -OCH3 is 2. The second kappa shape index (κ2) is 12.6. The van der Waals surface area contributed by atoms with Crippen LogP contribution < -0.4 is 29.1 Å². The van der Waals surface area contributed by atoms with Crippen molar-refractivity contribution < 1.29 is 14.2 Å². The second-order valence-electron chi connectivity index (χ2n) is 11.8. The van der Waals surface area contributed by atoms with Gasteiger partial charge in [-0.25, -0.2) is 4.99 Å². The Hall–Kier alpha value is -4.92. The molecule has 2 heterocycles. The van der Waals surface area contributed by atoms with Gasteiger partial charge in [0.15, 0.2) is 16.3 Å². The molecule has 238 valence electrons. The summed E-state index contributed by atoms with van der Waals surface area (Å²) in [5.74, 6) is 1.92. The number of fused-ring (bicyclic) bond motifs is 4. The molecule has 48 heavy (non-hydrogen) atoms. The van der Waals surface area contributed by atoms with Gasteiger partial charge in [0.25, 0.3) is 5.56 Å². The Bertz CT molecular complexity index is 2440. The van der Waals surface area contributed by atoms with Gasteiger partial charge in [-0.3, -0.25) is 9.36 Å². The number of ether oxygens (including phenoxy) is 3. The number of allylic oxidation sites excluding steroid dienone is 1. The molecule has 0 bridgehead atoms. The summed E-state index contributed by atoms with van der Waals surface area (Å²) in [5.41, 5.74) is 7.25. The van der Waals surface area contributed by atoms with Crippen molar-refractivity contribution in [2.75, 3.05) is 14.2 Å². The highest BCUT2D eigenvalue weighted by Crippen LogP contribution is 2.43. The van der Waals surface area contributed by atoms with Crippen LogP contribution in [0.1, 0.15) is 40.3 Å². The maximum Gasteiger partial charge on any atom is 0.271 e. The molecule has 0 unspecified atom stereocenters. The average molecular weight is 716 g/mol. The lowest BCUT2D eigenvalue weighted by Crippen LogP contribution is -2.39. The van der Waals surface area contributed by atoms with Gasteiger partial charge in [0.2, 0.25) is 0 Å². The predicted molar refractivity (Wildman–Crippen MR) is 195 cm³/mol. The van der Waals surface area contributed by atoms with E-state index in [1.165, 1.54) is 22.3 Å². The lowest BCUT2D eigenvalue weighted by Gasteiger charge is -2.31. The summed E-state index contributed by atoms with van der Waals surface area (Å²) in [6.45, 7) is 0.380. The Balaban J connectivity index is 1.22. The molecule has 0 radical (unpaired) electrons. The minimum atomic E-state index is -0.325. The van der Waals surface area contributed by atoms with Gasteiger partial charge in [0.1, 0.15) is 12.4 Å². The largest absolute Gasteiger partial charge is 0.496 e. The van der Waals surface area contributed by atoms with Gasteiger partial charge < -0.3 is 14.2 Å². The standard InChI is InChI=1S/C40H31BrN2O4S/c1-45-33-17-8-7-16-30(33)37-31-19-18-26-11-4-6-15-29(26)36(31)42-40-43(37)39(44)35(48-40)22-24-20-32(41)38(34(21-24)46-2)47-23-27-13-9-12-25-10-3-5-14-28(25)27/h3-17,20-22,37H,18-19,23H2,1-2H3/b35-22+/t37-/m0/s1. The van der Waals surface area contributed by atoms with Gasteiger partial charge >= 0.3 is 0 Å². The van der Waals surface area contributed by atoms with E-state index in [4.69, 9.17) is 19.2 Å². The molecule has 1 aromatic heterocycles. The first-order chi connectivity index (χ1) is 23.5. The molecule has 0 saturated carbocycles. The van der Waals surface area contributed by atoms with Crippen LogP contribution >= 0.6 is 27.3 Å². The molecule has 0 amide bonds. The van der Waals surface area contributed by atoms with Crippen LogP contribution in [0.3, 0.4) is 0 Å². The molecule has 1 aliphatic heterocycles. The van der Waals surface area contributed by atoms with E-state index in [1.807, 2.05) is 59.2 Å². The molecular weight excluding hydrogens is 684 g/mol. The zero-order chi connectivity index (χ0) is 32.8. The Labute approximate surface area is 290 Å². The summed E-state index contributed by atoms with van der Waals surface area (Å²) < 4.78 is 21.1. The molecule has 8 rings (SSSR count). The summed E-state index contributed by atoms with van der Waals surface area (Å²) in [6.07, 6.45) is 3.61. The lowest BCUT2D eigenvalue weighted by atomic mass is 9.83. The molecule has 0 spiro atoms. The number of aromatic nitrogens is 1. The third-order valence-electron chi connectivity index (χ3n) is 9.11. The van der Waals surface area contributed by atoms with Gasteiger partial charge in [-0.2, -0.15) is 0 Å². The van der Waals surface area contributed by atoms with Crippen molar-refractivity contribution in [3.8, 4) is 17.2 Å². The van der Waals surface area contributed by atoms with Gasteiger partial charge in [0, 0.05) is 11.1 Å². The third-order valence-corrected chi connectivity index (χ3v) is 10.7. The molecule has 0 fully saturated rings. The molecule has 8 heteroatoms. The number of rotatable bonds is 7. The highest BCUT2D eigenvalue weighted by molar-refractivity contribution is 9.10. The number of aryl methyl sites for hydroxylation is 1. The van der Waals surface area contributed by atoms with Gasteiger partial charge in [0.05, 0.1) is 35.0 Å². The van der Waals surface area contributed by atoms with Crippen molar-refractivity contribution >= 4 is 49.8 Å². The topological polar surface area (TPSA) is 62.0 Å². The number of benzene rings is 5. The fourth-order valence-electron chi connectivity index (χ4n) is 6.87. The van der Waals surface area contributed by atoms with Crippen LogP contribution in [0.4, 0.5) is 0 Å². The molecule has 1 aliphatic carbocycles. The number of nitrogens with zero attached hydrogens (tertiary/aromatic N) is 2. The van der Waals surface area contributed by atoms with Gasteiger partial charge in [-0.05, 0) is 86.1 Å². The van der Waals surface area contributed by atoms with Crippen molar-refractivity contribution in [1.82, 2.24) is 4.57 Å². The average Bonchev–Trinajstić information content (AvgIpc) is 3.43. The number of halogens is 1. The Morgan fingerprint density at radius 1 is 0.896 bits per heavy atom. The minimum Gasteiger partial charge on any atom is -0.496 e. The van der Waals surface area contributed by atoms with E-state index in [9.17, 15) is 4.79 Å². The van der Waals surface area contributed by atoms with Crippen LogP contribution in [-0.4, -0.2) is 18.8 Å². The highest BCUT2D eigenvalue weighted by atomic mass is 79.9. The van der Waals surface area contributed by atoms with E-state index in [0.717, 1.165) is 62.0 Å². The smallest absolute Gasteiger partial charge is 0.271 e. The Morgan fingerprint density at radius 2 is 1.67 bits per heavy atom. The number of para-hydroxylation sites is 1. The van der Waals surface area contributed by atoms with E-state index < -0.39 is 0 Å². The van der Waals surface area contributed by atoms with Gasteiger partial charge in [-0.1, -0.05) is 96.3 Å². The molecular formula is C40H31BrN2O4S. The zero-order valence-corrected chi connectivity index (χ0v) is 28.8.